The first kappa shape index (κ1) is 27.6. The lowest BCUT2D eigenvalue weighted by molar-refractivity contribution is 0.0138. The minimum absolute atomic E-state index is 0.203. The van der Waals surface area contributed by atoms with E-state index in [0.717, 1.165) is 29.6 Å². The molecule has 0 spiro atoms. The molecule has 0 bridgehead atoms. The molecule has 0 saturated carbocycles. The van der Waals surface area contributed by atoms with Crippen molar-refractivity contribution < 1.29 is 23.9 Å². The number of rotatable bonds is 3. The molecule has 1 N–H and O–H groups in total. The van der Waals surface area contributed by atoms with E-state index in [0.29, 0.717) is 48.6 Å². The highest BCUT2D eigenvalue weighted by atomic mass is 16.6. The van der Waals surface area contributed by atoms with Crippen molar-refractivity contribution in [2.45, 2.75) is 65.8 Å². The van der Waals surface area contributed by atoms with Crippen molar-refractivity contribution in [3.05, 3.63) is 53.2 Å². The number of piperazine rings is 1. The standard InChI is InChI=1S/C30H37N5O5/c1-29(2,3)39-27(37)34-13-11-33(12-14-34)18-19-7-8-22-21(15-19)16-23(35(22)28(38)40-30(4,5)6)25-24-20(9-10-31-25)17-32-26(24)36/h7-10,15-16H,11-14,17-18H2,1-6H3,(H,32,36). The van der Waals surface area contributed by atoms with Crippen LogP contribution >= 0.6 is 0 Å². The Morgan fingerprint density at radius 2 is 1.60 bits per heavy atom. The lowest BCUT2D eigenvalue weighted by atomic mass is 10.1. The number of ether oxygens (including phenoxy) is 2. The number of hydrogen-bond donors (Lipinski definition) is 1. The summed E-state index contributed by atoms with van der Waals surface area (Å²) in [5.41, 5.74) is 2.85. The summed E-state index contributed by atoms with van der Waals surface area (Å²) in [6.45, 7) is 14.9. The van der Waals surface area contributed by atoms with Crippen LogP contribution in [0.2, 0.25) is 0 Å². The number of amides is 2. The van der Waals surface area contributed by atoms with Crippen molar-refractivity contribution in [3.8, 4) is 11.4 Å². The fourth-order valence-electron chi connectivity index (χ4n) is 5.08. The Morgan fingerprint density at radius 1 is 0.925 bits per heavy atom. The van der Waals surface area contributed by atoms with E-state index in [-0.39, 0.29) is 12.0 Å². The average Bonchev–Trinajstić information content (AvgIpc) is 3.43. The highest BCUT2D eigenvalue weighted by Gasteiger charge is 2.30. The zero-order valence-electron chi connectivity index (χ0n) is 24.0. The van der Waals surface area contributed by atoms with Gasteiger partial charge in [-0.2, -0.15) is 0 Å². The molecule has 2 aliphatic rings. The van der Waals surface area contributed by atoms with E-state index in [2.05, 4.69) is 21.3 Å². The van der Waals surface area contributed by atoms with Gasteiger partial charge in [-0.25, -0.2) is 14.2 Å². The number of carbonyl (C=O) groups is 3. The largest absolute Gasteiger partial charge is 0.444 e. The SMILES string of the molecule is CC(C)(C)OC(=O)N1CCN(Cc2ccc3c(c2)cc(-c2nccc4c2C(=O)NC4)n3C(=O)OC(C)(C)C)CC1. The smallest absolute Gasteiger partial charge is 0.419 e. The molecular formula is C30H37N5O5. The fraction of sp³-hybridized carbons (Fsp3) is 0.467. The van der Waals surface area contributed by atoms with Crippen molar-refractivity contribution >= 4 is 29.0 Å². The molecule has 40 heavy (non-hydrogen) atoms. The molecule has 0 aliphatic carbocycles. The summed E-state index contributed by atoms with van der Waals surface area (Å²) in [5, 5.41) is 3.70. The second kappa shape index (κ2) is 10.2. The van der Waals surface area contributed by atoms with Gasteiger partial charge in [0.1, 0.15) is 16.9 Å². The third-order valence-electron chi connectivity index (χ3n) is 6.82. The van der Waals surface area contributed by atoms with Crippen LogP contribution in [0.5, 0.6) is 0 Å². The third-order valence-corrected chi connectivity index (χ3v) is 6.82. The van der Waals surface area contributed by atoms with Crippen LogP contribution in [-0.4, -0.2) is 74.8 Å². The molecule has 1 saturated heterocycles. The Morgan fingerprint density at radius 3 is 2.27 bits per heavy atom. The molecule has 1 aromatic carbocycles. The van der Waals surface area contributed by atoms with E-state index in [1.54, 1.807) is 11.1 Å². The van der Waals surface area contributed by atoms with Crippen molar-refractivity contribution in [1.29, 1.82) is 0 Å². The van der Waals surface area contributed by atoms with Crippen molar-refractivity contribution in [1.82, 2.24) is 24.7 Å². The van der Waals surface area contributed by atoms with E-state index in [1.165, 1.54) is 4.57 Å². The monoisotopic (exact) mass is 547 g/mol. The molecule has 2 aliphatic heterocycles. The molecule has 0 radical (unpaired) electrons. The van der Waals surface area contributed by atoms with Gasteiger partial charge in [0.25, 0.3) is 5.91 Å². The van der Waals surface area contributed by atoms with Gasteiger partial charge >= 0.3 is 12.2 Å². The maximum absolute atomic E-state index is 13.4. The predicted octanol–water partition coefficient (Wildman–Crippen LogP) is 4.78. The normalized spacial score (nSPS) is 16.1. The minimum atomic E-state index is -0.699. The van der Waals surface area contributed by atoms with Gasteiger partial charge in [-0.15, -0.1) is 0 Å². The summed E-state index contributed by atoms with van der Waals surface area (Å²) in [7, 11) is 0. The predicted molar refractivity (Wildman–Crippen MR) is 151 cm³/mol. The van der Waals surface area contributed by atoms with Gasteiger partial charge in [0, 0.05) is 50.9 Å². The molecule has 1 fully saturated rings. The van der Waals surface area contributed by atoms with Gasteiger partial charge in [-0.1, -0.05) is 6.07 Å². The molecule has 3 aromatic rings. The number of carbonyl (C=O) groups excluding carboxylic acids is 3. The fourth-order valence-corrected chi connectivity index (χ4v) is 5.08. The van der Waals surface area contributed by atoms with Crippen molar-refractivity contribution in [2.24, 2.45) is 0 Å². The highest BCUT2D eigenvalue weighted by molar-refractivity contribution is 6.05. The van der Waals surface area contributed by atoms with Gasteiger partial charge in [-0.3, -0.25) is 14.7 Å². The zero-order valence-corrected chi connectivity index (χ0v) is 24.0. The van der Waals surface area contributed by atoms with E-state index in [4.69, 9.17) is 9.47 Å². The van der Waals surface area contributed by atoms with Crippen molar-refractivity contribution in [3.63, 3.8) is 0 Å². The number of aromatic nitrogens is 2. The van der Waals surface area contributed by atoms with Gasteiger partial charge in [0.2, 0.25) is 0 Å². The summed E-state index contributed by atoms with van der Waals surface area (Å²) in [6, 6.07) is 9.69. The van der Waals surface area contributed by atoms with Gasteiger partial charge in [0.05, 0.1) is 16.8 Å². The number of pyridine rings is 1. The molecule has 0 unspecified atom stereocenters. The lowest BCUT2D eigenvalue weighted by Gasteiger charge is -2.35. The zero-order chi connectivity index (χ0) is 28.8. The third kappa shape index (κ3) is 5.82. The number of benzene rings is 1. The summed E-state index contributed by atoms with van der Waals surface area (Å²) in [4.78, 5) is 47.1. The van der Waals surface area contributed by atoms with Crippen LogP contribution in [0.15, 0.2) is 36.5 Å². The first-order chi connectivity index (χ1) is 18.8. The van der Waals surface area contributed by atoms with E-state index < -0.39 is 17.3 Å². The number of nitrogens with one attached hydrogen (secondary N) is 1. The Bertz CT molecular complexity index is 1470. The number of nitrogens with zero attached hydrogens (tertiary/aromatic N) is 4. The molecular weight excluding hydrogens is 510 g/mol. The molecule has 10 nitrogen and oxygen atoms in total. The molecule has 2 amide bonds. The van der Waals surface area contributed by atoms with Crippen LogP contribution in [0.4, 0.5) is 9.59 Å². The van der Waals surface area contributed by atoms with Gasteiger partial charge in [0.15, 0.2) is 0 Å². The van der Waals surface area contributed by atoms with Crippen molar-refractivity contribution in [2.75, 3.05) is 26.2 Å². The molecule has 5 rings (SSSR count). The summed E-state index contributed by atoms with van der Waals surface area (Å²) in [6.07, 6.45) is 0.856. The van der Waals surface area contributed by atoms with Gasteiger partial charge < -0.3 is 19.7 Å². The Balaban J connectivity index is 1.43. The Kier molecular flexibility index (Phi) is 7.08. The topological polar surface area (TPSA) is 106 Å². The van der Waals surface area contributed by atoms with Crippen LogP contribution in [0.25, 0.3) is 22.3 Å². The second-order valence-corrected chi connectivity index (χ2v) is 12.4. The Labute approximate surface area is 234 Å². The second-order valence-electron chi connectivity index (χ2n) is 12.4. The van der Waals surface area contributed by atoms with Crippen LogP contribution in [0.1, 0.15) is 63.0 Å². The molecule has 2 aromatic heterocycles. The first-order valence-electron chi connectivity index (χ1n) is 13.6. The molecule has 10 heteroatoms. The molecule has 4 heterocycles. The van der Waals surface area contributed by atoms with Crippen LogP contribution in [0, 0.1) is 0 Å². The maximum Gasteiger partial charge on any atom is 0.419 e. The van der Waals surface area contributed by atoms with Gasteiger partial charge in [-0.05, 0) is 76.9 Å². The average molecular weight is 548 g/mol. The summed E-state index contributed by atoms with van der Waals surface area (Å²) >= 11 is 0. The Hall–Kier alpha value is -3.92. The van der Waals surface area contributed by atoms with E-state index in [1.807, 2.05) is 65.8 Å². The number of hydrogen-bond acceptors (Lipinski definition) is 7. The van der Waals surface area contributed by atoms with E-state index >= 15 is 0 Å². The first-order valence-corrected chi connectivity index (χ1v) is 13.6. The molecule has 212 valence electrons. The summed E-state index contributed by atoms with van der Waals surface area (Å²) in [5.74, 6) is -0.203. The van der Waals surface area contributed by atoms with Crippen LogP contribution < -0.4 is 5.32 Å². The van der Waals surface area contributed by atoms with Crippen LogP contribution in [0.3, 0.4) is 0 Å². The van der Waals surface area contributed by atoms with Crippen LogP contribution in [-0.2, 0) is 22.6 Å². The maximum atomic E-state index is 13.4. The minimum Gasteiger partial charge on any atom is -0.444 e. The number of fused-ring (bicyclic) bond motifs is 2. The summed E-state index contributed by atoms with van der Waals surface area (Å²) < 4.78 is 12.8. The quantitative estimate of drug-likeness (QED) is 0.503. The highest BCUT2D eigenvalue weighted by Crippen LogP contribution is 2.33. The lowest BCUT2D eigenvalue weighted by Crippen LogP contribution is -2.49. The molecule has 0 atom stereocenters. The van der Waals surface area contributed by atoms with E-state index in [9.17, 15) is 14.4 Å².